The van der Waals surface area contributed by atoms with Crippen molar-refractivity contribution in [1.82, 2.24) is 0 Å². The summed E-state index contributed by atoms with van der Waals surface area (Å²) >= 11 is 17.5. The SMILES string of the molecule is COc1cc(Cl)ccc1C(=O)Nc1cc(Cl)c(Cl)cc1O. The van der Waals surface area contributed by atoms with Crippen LogP contribution >= 0.6 is 34.8 Å². The number of phenolic OH excluding ortho intramolecular Hbond substituents is 1. The van der Waals surface area contributed by atoms with Crippen LogP contribution in [0.2, 0.25) is 15.1 Å². The standard InChI is InChI=1S/C14H10Cl3NO3/c1-21-13-4-7(15)2-3-8(13)14(20)18-11-5-9(16)10(17)6-12(11)19/h2-6,19H,1H3,(H,18,20). The molecule has 0 aliphatic rings. The Kier molecular flexibility index (Phi) is 4.83. The number of phenols is 1. The van der Waals surface area contributed by atoms with Gasteiger partial charge >= 0.3 is 0 Å². The second-order valence-corrected chi connectivity index (χ2v) is 5.33. The lowest BCUT2D eigenvalue weighted by atomic mass is 10.1. The number of carbonyl (C=O) groups is 1. The molecule has 2 aromatic carbocycles. The van der Waals surface area contributed by atoms with Gasteiger partial charge in [0, 0.05) is 11.1 Å². The molecule has 0 heterocycles. The highest BCUT2D eigenvalue weighted by molar-refractivity contribution is 6.42. The van der Waals surface area contributed by atoms with Crippen LogP contribution < -0.4 is 10.1 Å². The van der Waals surface area contributed by atoms with Gasteiger partial charge in [0.15, 0.2) is 0 Å². The highest BCUT2D eigenvalue weighted by atomic mass is 35.5. The van der Waals surface area contributed by atoms with Crippen molar-refractivity contribution in [3.63, 3.8) is 0 Å². The Morgan fingerprint density at radius 1 is 1.14 bits per heavy atom. The van der Waals surface area contributed by atoms with Crippen molar-refractivity contribution < 1.29 is 14.6 Å². The minimum Gasteiger partial charge on any atom is -0.506 e. The van der Waals surface area contributed by atoms with Crippen LogP contribution in [-0.2, 0) is 0 Å². The lowest BCUT2D eigenvalue weighted by Gasteiger charge is -2.11. The topological polar surface area (TPSA) is 58.6 Å². The normalized spacial score (nSPS) is 10.3. The Bertz CT molecular complexity index is 704. The van der Waals surface area contributed by atoms with Crippen molar-refractivity contribution in [2.75, 3.05) is 12.4 Å². The molecule has 0 saturated heterocycles. The summed E-state index contributed by atoms with van der Waals surface area (Å²) in [7, 11) is 1.43. The number of rotatable bonds is 3. The number of aromatic hydroxyl groups is 1. The van der Waals surface area contributed by atoms with Crippen LogP contribution in [0.1, 0.15) is 10.4 Å². The van der Waals surface area contributed by atoms with Crippen LogP contribution in [-0.4, -0.2) is 18.1 Å². The van der Waals surface area contributed by atoms with Crippen LogP contribution in [0.5, 0.6) is 11.5 Å². The molecule has 0 aliphatic carbocycles. The number of ether oxygens (including phenoxy) is 1. The molecular weight excluding hydrogens is 337 g/mol. The highest BCUT2D eigenvalue weighted by Gasteiger charge is 2.15. The van der Waals surface area contributed by atoms with Gasteiger partial charge in [-0.25, -0.2) is 0 Å². The molecule has 0 atom stereocenters. The van der Waals surface area contributed by atoms with Gasteiger partial charge in [0.25, 0.3) is 5.91 Å². The van der Waals surface area contributed by atoms with Crippen molar-refractivity contribution >= 4 is 46.4 Å². The van der Waals surface area contributed by atoms with E-state index in [0.29, 0.717) is 10.8 Å². The monoisotopic (exact) mass is 345 g/mol. The zero-order valence-corrected chi connectivity index (χ0v) is 13.1. The van der Waals surface area contributed by atoms with Crippen molar-refractivity contribution in [2.24, 2.45) is 0 Å². The zero-order valence-electron chi connectivity index (χ0n) is 10.8. The molecule has 2 rings (SSSR count). The fourth-order valence-corrected chi connectivity index (χ4v) is 2.16. The van der Waals surface area contributed by atoms with Gasteiger partial charge in [-0.3, -0.25) is 4.79 Å². The van der Waals surface area contributed by atoms with Gasteiger partial charge in [-0.15, -0.1) is 0 Å². The van der Waals surface area contributed by atoms with E-state index in [1.807, 2.05) is 0 Å². The van der Waals surface area contributed by atoms with E-state index in [1.54, 1.807) is 6.07 Å². The second kappa shape index (κ2) is 6.43. The summed E-state index contributed by atoms with van der Waals surface area (Å²) in [5.41, 5.74) is 0.416. The van der Waals surface area contributed by atoms with E-state index < -0.39 is 5.91 Å². The van der Waals surface area contributed by atoms with Crippen LogP contribution in [0, 0.1) is 0 Å². The fraction of sp³-hybridized carbons (Fsp3) is 0.0714. The predicted octanol–water partition coefficient (Wildman–Crippen LogP) is 4.61. The summed E-state index contributed by atoms with van der Waals surface area (Å²) < 4.78 is 5.10. The predicted molar refractivity (Wildman–Crippen MR) is 84.1 cm³/mol. The van der Waals surface area contributed by atoms with E-state index in [-0.39, 0.29) is 27.0 Å². The van der Waals surface area contributed by atoms with Gasteiger partial charge in [0.05, 0.1) is 28.4 Å². The maximum atomic E-state index is 12.2. The Labute approximate surface area is 136 Å². The third kappa shape index (κ3) is 3.53. The van der Waals surface area contributed by atoms with E-state index in [2.05, 4.69) is 5.32 Å². The number of anilines is 1. The highest BCUT2D eigenvalue weighted by Crippen LogP contribution is 2.34. The zero-order chi connectivity index (χ0) is 15.6. The quantitative estimate of drug-likeness (QED) is 0.798. The Hall–Kier alpha value is -1.62. The maximum absolute atomic E-state index is 12.2. The summed E-state index contributed by atoms with van der Waals surface area (Å²) in [6.07, 6.45) is 0. The number of carbonyl (C=O) groups excluding carboxylic acids is 1. The van der Waals surface area contributed by atoms with Gasteiger partial charge in [-0.05, 0) is 24.3 Å². The first-order valence-electron chi connectivity index (χ1n) is 5.75. The van der Waals surface area contributed by atoms with E-state index in [0.717, 1.165) is 0 Å². The molecule has 0 aromatic heterocycles. The molecule has 21 heavy (non-hydrogen) atoms. The van der Waals surface area contributed by atoms with E-state index >= 15 is 0 Å². The second-order valence-electron chi connectivity index (χ2n) is 4.08. The van der Waals surface area contributed by atoms with Crippen molar-refractivity contribution in [3.05, 3.63) is 51.0 Å². The molecule has 0 radical (unpaired) electrons. The van der Waals surface area contributed by atoms with Crippen LogP contribution in [0.3, 0.4) is 0 Å². The molecule has 7 heteroatoms. The molecule has 110 valence electrons. The van der Waals surface area contributed by atoms with E-state index in [9.17, 15) is 9.90 Å². The third-order valence-electron chi connectivity index (χ3n) is 2.70. The summed E-state index contributed by atoms with van der Waals surface area (Å²) in [5, 5.41) is 13.2. The first-order chi connectivity index (χ1) is 9.92. The molecule has 0 spiro atoms. The number of nitrogens with one attached hydrogen (secondary N) is 1. The van der Waals surface area contributed by atoms with Crippen molar-refractivity contribution in [3.8, 4) is 11.5 Å². The van der Waals surface area contributed by atoms with Gasteiger partial charge in [-0.1, -0.05) is 34.8 Å². The summed E-state index contributed by atoms with van der Waals surface area (Å²) in [5.74, 6) is -0.345. The lowest BCUT2D eigenvalue weighted by molar-refractivity contribution is 0.102. The number of methoxy groups -OCH3 is 1. The molecule has 0 aliphatic heterocycles. The first-order valence-corrected chi connectivity index (χ1v) is 6.88. The molecule has 0 saturated carbocycles. The Balaban J connectivity index is 2.32. The third-order valence-corrected chi connectivity index (χ3v) is 3.65. The molecule has 0 unspecified atom stereocenters. The van der Waals surface area contributed by atoms with Gasteiger partial charge < -0.3 is 15.2 Å². The average Bonchev–Trinajstić information content (AvgIpc) is 2.44. The minimum atomic E-state index is -0.475. The molecule has 4 nitrogen and oxygen atoms in total. The van der Waals surface area contributed by atoms with Gasteiger partial charge in [0.1, 0.15) is 11.5 Å². The van der Waals surface area contributed by atoms with Gasteiger partial charge in [0.2, 0.25) is 0 Å². The van der Waals surface area contributed by atoms with Crippen LogP contribution in [0.15, 0.2) is 30.3 Å². The number of hydrogen-bond donors (Lipinski definition) is 2. The molecular formula is C14H10Cl3NO3. The summed E-state index contributed by atoms with van der Waals surface area (Å²) in [4.78, 5) is 12.2. The molecule has 0 fully saturated rings. The average molecular weight is 347 g/mol. The smallest absolute Gasteiger partial charge is 0.259 e. The molecule has 0 bridgehead atoms. The van der Waals surface area contributed by atoms with E-state index in [1.165, 1.54) is 31.4 Å². The van der Waals surface area contributed by atoms with Crippen molar-refractivity contribution in [2.45, 2.75) is 0 Å². The largest absolute Gasteiger partial charge is 0.506 e. The number of amides is 1. The van der Waals surface area contributed by atoms with E-state index in [4.69, 9.17) is 39.5 Å². The number of halogens is 3. The number of benzene rings is 2. The molecule has 2 N–H and O–H groups in total. The van der Waals surface area contributed by atoms with Crippen molar-refractivity contribution in [1.29, 1.82) is 0 Å². The number of hydrogen-bond acceptors (Lipinski definition) is 3. The first kappa shape index (κ1) is 15.8. The fourth-order valence-electron chi connectivity index (χ4n) is 1.68. The molecule has 1 amide bonds. The van der Waals surface area contributed by atoms with Gasteiger partial charge in [-0.2, -0.15) is 0 Å². The van der Waals surface area contributed by atoms with Crippen LogP contribution in [0.4, 0.5) is 5.69 Å². The lowest BCUT2D eigenvalue weighted by Crippen LogP contribution is -2.13. The Morgan fingerprint density at radius 3 is 2.48 bits per heavy atom. The Morgan fingerprint density at radius 2 is 1.81 bits per heavy atom. The minimum absolute atomic E-state index is 0.145. The molecule has 2 aromatic rings. The van der Waals surface area contributed by atoms with Crippen LogP contribution in [0.25, 0.3) is 0 Å². The maximum Gasteiger partial charge on any atom is 0.259 e. The summed E-state index contributed by atoms with van der Waals surface area (Å²) in [6.45, 7) is 0. The summed E-state index contributed by atoms with van der Waals surface area (Å²) in [6, 6.07) is 7.21.